The lowest BCUT2D eigenvalue weighted by Crippen LogP contribution is -2.15. The monoisotopic (exact) mass is 334 g/mol. The molecule has 4 rings (SSSR count). The zero-order valence-corrected chi connectivity index (χ0v) is 13.7. The summed E-state index contributed by atoms with van der Waals surface area (Å²) in [4.78, 5) is 0. The van der Waals surface area contributed by atoms with E-state index in [1.165, 1.54) is 0 Å². The first-order chi connectivity index (χ1) is 11.3. The molecule has 0 spiro atoms. The van der Waals surface area contributed by atoms with Crippen molar-refractivity contribution in [1.29, 1.82) is 0 Å². The fraction of sp³-hybridized carbons (Fsp3) is 0.533. The largest absolute Gasteiger partial charge is 0.486 e. The third-order valence-corrected chi connectivity index (χ3v) is 4.98. The van der Waals surface area contributed by atoms with Crippen molar-refractivity contribution in [2.24, 2.45) is 0 Å². The Kier molecular flexibility index (Phi) is 4.09. The van der Waals surface area contributed by atoms with E-state index in [2.05, 4.69) is 22.4 Å². The van der Waals surface area contributed by atoms with Crippen molar-refractivity contribution in [3.05, 3.63) is 18.2 Å². The van der Waals surface area contributed by atoms with Gasteiger partial charge in [0.15, 0.2) is 11.5 Å². The van der Waals surface area contributed by atoms with Gasteiger partial charge in [0.05, 0.1) is 17.9 Å². The highest BCUT2D eigenvalue weighted by atomic mass is 32.2. The first kappa shape index (κ1) is 14.8. The average molecular weight is 334 g/mol. The first-order valence-electron chi connectivity index (χ1n) is 7.76. The molecule has 7 nitrogen and oxygen atoms in total. The molecule has 3 heterocycles. The summed E-state index contributed by atoms with van der Waals surface area (Å²) < 4.78 is 18.7. The van der Waals surface area contributed by atoms with Gasteiger partial charge in [-0.25, -0.2) is 0 Å². The maximum Gasteiger partial charge on any atom is 0.214 e. The zero-order valence-electron chi connectivity index (χ0n) is 12.8. The second-order valence-electron chi connectivity index (χ2n) is 5.66. The van der Waals surface area contributed by atoms with Crippen molar-refractivity contribution >= 4 is 11.8 Å². The van der Waals surface area contributed by atoms with E-state index < -0.39 is 0 Å². The van der Waals surface area contributed by atoms with Crippen LogP contribution in [0.5, 0.6) is 11.5 Å². The molecule has 0 bridgehead atoms. The number of thioether (sulfide) groups is 1. The third-order valence-electron chi connectivity index (χ3n) is 3.93. The Morgan fingerprint density at radius 1 is 1.22 bits per heavy atom. The van der Waals surface area contributed by atoms with E-state index >= 15 is 0 Å². The van der Waals surface area contributed by atoms with Crippen LogP contribution in [0.4, 0.5) is 0 Å². The van der Waals surface area contributed by atoms with Crippen LogP contribution < -0.4 is 9.47 Å². The summed E-state index contributed by atoms with van der Waals surface area (Å²) in [6, 6.07) is 5.73. The molecule has 1 aromatic carbocycles. The Hall–Kier alpha value is -1.80. The second kappa shape index (κ2) is 6.37. The van der Waals surface area contributed by atoms with Gasteiger partial charge in [0.25, 0.3) is 0 Å². The molecule has 0 N–H and O–H groups in total. The van der Waals surface area contributed by atoms with Gasteiger partial charge in [0.1, 0.15) is 13.2 Å². The molecule has 0 saturated carbocycles. The number of hydrogen-bond acceptors (Lipinski definition) is 7. The number of benzene rings is 1. The molecule has 1 fully saturated rings. The van der Waals surface area contributed by atoms with Gasteiger partial charge in [-0.1, -0.05) is 11.8 Å². The van der Waals surface area contributed by atoms with E-state index in [0.717, 1.165) is 40.9 Å². The van der Waals surface area contributed by atoms with Crippen LogP contribution in [0, 0.1) is 0 Å². The van der Waals surface area contributed by atoms with Crippen molar-refractivity contribution in [2.45, 2.75) is 37.1 Å². The van der Waals surface area contributed by atoms with Crippen LogP contribution >= 0.6 is 11.8 Å². The van der Waals surface area contributed by atoms with Gasteiger partial charge in [0.2, 0.25) is 5.16 Å². The SMILES string of the molecule is C[C@H]1CC[C@@H](CSc2nnnn2-c2ccc3c(c2)OCCO3)O1. The lowest BCUT2D eigenvalue weighted by molar-refractivity contribution is 0.0699. The molecule has 2 aliphatic rings. The van der Waals surface area contributed by atoms with Gasteiger partial charge in [-0.15, -0.1) is 5.10 Å². The van der Waals surface area contributed by atoms with E-state index in [1.54, 1.807) is 16.4 Å². The van der Waals surface area contributed by atoms with Crippen molar-refractivity contribution in [3.63, 3.8) is 0 Å². The molecular formula is C15H18N4O3S. The Labute approximate surface area is 138 Å². The minimum atomic E-state index is 0.278. The Balaban J connectivity index is 1.50. The highest BCUT2D eigenvalue weighted by Gasteiger charge is 2.23. The number of tetrazole rings is 1. The van der Waals surface area contributed by atoms with Crippen molar-refractivity contribution in [2.75, 3.05) is 19.0 Å². The van der Waals surface area contributed by atoms with E-state index in [-0.39, 0.29) is 6.10 Å². The summed E-state index contributed by atoms with van der Waals surface area (Å²) in [6.45, 7) is 3.26. The summed E-state index contributed by atoms with van der Waals surface area (Å²) >= 11 is 1.62. The summed E-state index contributed by atoms with van der Waals surface area (Å²) in [5.74, 6) is 2.35. The topological polar surface area (TPSA) is 71.3 Å². The van der Waals surface area contributed by atoms with Gasteiger partial charge in [-0.2, -0.15) is 4.68 Å². The minimum absolute atomic E-state index is 0.278. The quantitative estimate of drug-likeness (QED) is 0.793. The molecule has 2 aromatic rings. The van der Waals surface area contributed by atoms with Crippen LogP contribution in [0.25, 0.3) is 5.69 Å². The highest BCUT2D eigenvalue weighted by Crippen LogP contribution is 2.33. The number of nitrogens with zero attached hydrogens (tertiary/aromatic N) is 4. The van der Waals surface area contributed by atoms with Crippen molar-refractivity contribution in [3.8, 4) is 17.2 Å². The zero-order chi connectivity index (χ0) is 15.6. The van der Waals surface area contributed by atoms with E-state index in [0.29, 0.717) is 19.3 Å². The third kappa shape index (κ3) is 3.13. The lowest BCUT2D eigenvalue weighted by atomic mass is 10.2. The van der Waals surface area contributed by atoms with Gasteiger partial charge in [-0.3, -0.25) is 0 Å². The van der Waals surface area contributed by atoms with Crippen LogP contribution in [0.2, 0.25) is 0 Å². The van der Waals surface area contributed by atoms with Crippen LogP contribution in [0.15, 0.2) is 23.4 Å². The number of aromatic nitrogens is 4. The molecular weight excluding hydrogens is 316 g/mol. The van der Waals surface area contributed by atoms with Crippen LogP contribution in [-0.4, -0.2) is 51.4 Å². The Morgan fingerprint density at radius 3 is 2.91 bits per heavy atom. The number of ether oxygens (including phenoxy) is 3. The maximum absolute atomic E-state index is 5.84. The number of hydrogen-bond donors (Lipinski definition) is 0. The standard InChI is InChI=1S/C15H18N4O3S/c1-10-2-4-12(22-10)9-23-15-16-17-18-19(15)11-3-5-13-14(8-11)21-7-6-20-13/h3,5,8,10,12H,2,4,6-7,9H2,1H3/t10-,12-/m0/s1. The maximum atomic E-state index is 5.84. The number of rotatable bonds is 4. The van der Waals surface area contributed by atoms with Gasteiger partial charge < -0.3 is 14.2 Å². The molecule has 8 heteroatoms. The van der Waals surface area contributed by atoms with Crippen molar-refractivity contribution in [1.82, 2.24) is 20.2 Å². The van der Waals surface area contributed by atoms with Gasteiger partial charge >= 0.3 is 0 Å². The lowest BCUT2D eigenvalue weighted by Gasteiger charge is -2.18. The molecule has 0 amide bonds. The summed E-state index contributed by atoms with van der Waals surface area (Å²) in [5, 5.41) is 12.8. The van der Waals surface area contributed by atoms with E-state index in [4.69, 9.17) is 14.2 Å². The van der Waals surface area contributed by atoms with Crippen molar-refractivity contribution < 1.29 is 14.2 Å². The molecule has 0 unspecified atom stereocenters. The van der Waals surface area contributed by atoms with E-state index in [1.807, 2.05) is 18.2 Å². The fourth-order valence-electron chi connectivity index (χ4n) is 2.77. The highest BCUT2D eigenvalue weighted by molar-refractivity contribution is 7.99. The summed E-state index contributed by atoms with van der Waals surface area (Å²) in [6.07, 6.45) is 2.85. The molecule has 23 heavy (non-hydrogen) atoms. The molecule has 2 atom stereocenters. The molecule has 1 aromatic heterocycles. The second-order valence-corrected chi connectivity index (χ2v) is 6.65. The summed E-state index contributed by atoms with van der Waals surface area (Å²) in [7, 11) is 0. The molecule has 122 valence electrons. The first-order valence-corrected chi connectivity index (χ1v) is 8.75. The molecule has 0 radical (unpaired) electrons. The van der Waals surface area contributed by atoms with E-state index in [9.17, 15) is 0 Å². The summed E-state index contributed by atoms with van der Waals surface area (Å²) in [5.41, 5.74) is 0.863. The van der Waals surface area contributed by atoms with Gasteiger partial charge in [-0.05, 0) is 42.3 Å². The molecule has 1 saturated heterocycles. The smallest absolute Gasteiger partial charge is 0.214 e. The molecule has 2 aliphatic heterocycles. The predicted octanol–water partition coefficient (Wildman–Crippen LogP) is 2.09. The van der Waals surface area contributed by atoms with Crippen LogP contribution in [-0.2, 0) is 4.74 Å². The van der Waals surface area contributed by atoms with Gasteiger partial charge in [0, 0.05) is 11.8 Å². The predicted molar refractivity (Wildman–Crippen MR) is 84.4 cm³/mol. The van der Waals surface area contributed by atoms with Crippen LogP contribution in [0.3, 0.4) is 0 Å². The minimum Gasteiger partial charge on any atom is -0.486 e. The number of fused-ring (bicyclic) bond motifs is 1. The normalized spacial score (nSPS) is 23.2. The fourth-order valence-corrected chi connectivity index (χ4v) is 3.71. The van der Waals surface area contributed by atoms with Crippen LogP contribution in [0.1, 0.15) is 19.8 Å². The molecule has 0 aliphatic carbocycles. The average Bonchev–Trinajstić information content (AvgIpc) is 3.21. The Bertz CT molecular complexity index is 693. The Morgan fingerprint density at radius 2 is 2.09 bits per heavy atom.